The van der Waals surface area contributed by atoms with Gasteiger partial charge in [-0.1, -0.05) is 5.21 Å². The van der Waals surface area contributed by atoms with Crippen molar-refractivity contribution in [1.29, 1.82) is 0 Å². The highest BCUT2D eigenvalue weighted by Crippen LogP contribution is 2.21. The zero-order valence-electron chi connectivity index (χ0n) is 14.5. The van der Waals surface area contributed by atoms with Gasteiger partial charge >= 0.3 is 0 Å². The lowest BCUT2D eigenvalue weighted by Crippen LogP contribution is -2.30. The number of hydrogen-bond acceptors (Lipinski definition) is 5. The average molecular weight is 332 g/mol. The van der Waals surface area contributed by atoms with Crippen LogP contribution in [0.15, 0.2) is 12.3 Å². The van der Waals surface area contributed by atoms with E-state index in [-0.39, 0.29) is 11.9 Å². The van der Waals surface area contributed by atoms with Crippen LogP contribution in [-0.2, 0) is 22.7 Å². The van der Waals surface area contributed by atoms with E-state index in [9.17, 15) is 4.79 Å². The predicted molar refractivity (Wildman–Crippen MR) is 87.3 cm³/mol. The Morgan fingerprint density at radius 1 is 1.42 bits per heavy atom. The van der Waals surface area contributed by atoms with Gasteiger partial charge in [-0.3, -0.25) is 9.48 Å². The van der Waals surface area contributed by atoms with Crippen molar-refractivity contribution < 1.29 is 9.53 Å². The Morgan fingerprint density at radius 3 is 2.96 bits per heavy atom. The number of ether oxygens (including phenoxy) is 1. The minimum atomic E-state index is 0.169. The first-order chi connectivity index (χ1) is 11.6. The van der Waals surface area contributed by atoms with Crippen LogP contribution in [-0.4, -0.2) is 55.8 Å². The molecule has 1 atom stereocenters. The molecule has 2 aromatic heterocycles. The largest absolute Gasteiger partial charge is 0.378 e. The number of rotatable bonds is 6. The van der Waals surface area contributed by atoms with Crippen LogP contribution in [0.1, 0.15) is 36.0 Å². The van der Waals surface area contributed by atoms with Crippen molar-refractivity contribution in [3.63, 3.8) is 0 Å². The fourth-order valence-electron chi connectivity index (χ4n) is 3.15. The van der Waals surface area contributed by atoms with E-state index in [0.29, 0.717) is 26.1 Å². The number of aromatic nitrogens is 5. The summed E-state index contributed by atoms with van der Waals surface area (Å²) in [6.07, 6.45) is 3.28. The van der Waals surface area contributed by atoms with Crippen LogP contribution in [0, 0.1) is 13.8 Å². The number of carbonyl (C=O) groups excluding carboxylic acids is 1. The topological polar surface area (TPSA) is 78.1 Å². The highest BCUT2D eigenvalue weighted by atomic mass is 16.5. The van der Waals surface area contributed by atoms with Crippen LogP contribution >= 0.6 is 0 Å². The monoisotopic (exact) mass is 332 g/mol. The average Bonchev–Trinajstić information content (AvgIpc) is 3.25. The summed E-state index contributed by atoms with van der Waals surface area (Å²) in [5, 5.41) is 12.6. The molecule has 2 aromatic rings. The second-order valence-corrected chi connectivity index (χ2v) is 6.31. The number of methoxy groups -OCH3 is 1. The van der Waals surface area contributed by atoms with Crippen molar-refractivity contribution in [3.8, 4) is 0 Å². The van der Waals surface area contributed by atoms with E-state index in [0.717, 1.165) is 30.0 Å². The summed E-state index contributed by atoms with van der Waals surface area (Å²) in [5.41, 5.74) is 2.89. The summed E-state index contributed by atoms with van der Waals surface area (Å²) in [7, 11) is 1.64. The quantitative estimate of drug-likeness (QED) is 0.791. The molecule has 1 amide bonds. The van der Waals surface area contributed by atoms with Crippen LogP contribution in [0.5, 0.6) is 0 Å². The molecule has 1 saturated heterocycles. The fraction of sp³-hybridized carbons (Fsp3) is 0.625. The molecule has 1 fully saturated rings. The van der Waals surface area contributed by atoms with Crippen LogP contribution in [0.25, 0.3) is 0 Å². The van der Waals surface area contributed by atoms with Crippen molar-refractivity contribution in [2.24, 2.45) is 0 Å². The molecule has 0 spiro atoms. The fourth-order valence-corrected chi connectivity index (χ4v) is 3.15. The maximum absolute atomic E-state index is 12.4. The van der Waals surface area contributed by atoms with Crippen molar-refractivity contribution in [2.75, 3.05) is 20.2 Å². The van der Waals surface area contributed by atoms with E-state index < -0.39 is 0 Å². The van der Waals surface area contributed by atoms with E-state index >= 15 is 0 Å². The van der Waals surface area contributed by atoms with Gasteiger partial charge in [-0.2, -0.15) is 5.10 Å². The third kappa shape index (κ3) is 3.64. The van der Waals surface area contributed by atoms with Crippen molar-refractivity contribution in [1.82, 2.24) is 29.7 Å². The van der Waals surface area contributed by atoms with E-state index in [1.807, 2.05) is 40.4 Å². The van der Waals surface area contributed by atoms with Crippen LogP contribution in [0.2, 0.25) is 0 Å². The molecule has 0 saturated carbocycles. The highest BCUT2D eigenvalue weighted by molar-refractivity contribution is 5.76. The Morgan fingerprint density at radius 2 is 2.25 bits per heavy atom. The lowest BCUT2D eigenvalue weighted by Gasteiger charge is -2.16. The minimum absolute atomic E-state index is 0.169. The molecule has 0 N–H and O–H groups in total. The number of hydrogen-bond donors (Lipinski definition) is 0. The lowest BCUT2D eigenvalue weighted by atomic mass is 10.3. The van der Waals surface area contributed by atoms with Crippen LogP contribution in [0.3, 0.4) is 0 Å². The molecular formula is C16H24N6O2. The molecule has 0 bridgehead atoms. The van der Waals surface area contributed by atoms with E-state index in [1.54, 1.807) is 7.11 Å². The lowest BCUT2D eigenvalue weighted by molar-refractivity contribution is -0.130. The van der Waals surface area contributed by atoms with Gasteiger partial charge in [0.2, 0.25) is 5.91 Å². The second-order valence-electron chi connectivity index (χ2n) is 6.31. The van der Waals surface area contributed by atoms with Crippen LogP contribution < -0.4 is 0 Å². The summed E-state index contributed by atoms with van der Waals surface area (Å²) in [5.74, 6) is 0.169. The Bertz CT molecular complexity index is 707. The summed E-state index contributed by atoms with van der Waals surface area (Å²) < 4.78 is 8.81. The summed E-state index contributed by atoms with van der Waals surface area (Å²) >= 11 is 0. The Balaban J connectivity index is 1.52. The first-order valence-corrected chi connectivity index (χ1v) is 8.25. The van der Waals surface area contributed by atoms with E-state index in [4.69, 9.17) is 4.74 Å². The maximum Gasteiger partial charge on any atom is 0.224 e. The normalized spacial score (nSPS) is 17.6. The molecule has 0 aromatic carbocycles. The predicted octanol–water partition coefficient (Wildman–Crippen LogP) is 1.10. The molecule has 3 rings (SSSR count). The van der Waals surface area contributed by atoms with Gasteiger partial charge in [0.05, 0.1) is 24.5 Å². The maximum atomic E-state index is 12.4. The van der Waals surface area contributed by atoms with E-state index in [2.05, 4.69) is 15.4 Å². The molecule has 3 heterocycles. The minimum Gasteiger partial charge on any atom is -0.378 e. The molecule has 24 heavy (non-hydrogen) atoms. The molecular weight excluding hydrogens is 308 g/mol. The van der Waals surface area contributed by atoms with Gasteiger partial charge in [-0.15, -0.1) is 5.10 Å². The third-order valence-corrected chi connectivity index (χ3v) is 4.38. The number of likely N-dealkylation sites (tertiary alicyclic amines) is 1. The molecule has 1 aliphatic heterocycles. The zero-order chi connectivity index (χ0) is 17.1. The van der Waals surface area contributed by atoms with Gasteiger partial charge in [0.25, 0.3) is 0 Å². The molecule has 8 nitrogen and oxygen atoms in total. The molecule has 8 heteroatoms. The summed E-state index contributed by atoms with van der Waals surface area (Å²) in [6, 6.07) is 2.22. The van der Waals surface area contributed by atoms with Crippen LogP contribution in [0.4, 0.5) is 0 Å². The van der Waals surface area contributed by atoms with Gasteiger partial charge < -0.3 is 9.64 Å². The van der Waals surface area contributed by atoms with Gasteiger partial charge in [0.1, 0.15) is 5.69 Å². The standard InChI is InChI=1S/C16H24N6O2/c1-12-8-13(2)21(18-12)7-5-16(23)20-6-4-15(10-20)22-9-14(11-24-3)17-19-22/h8-9,15H,4-7,10-11H2,1-3H3. The Kier molecular flexibility index (Phi) is 4.94. The Hall–Kier alpha value is -2.22. The first-order valence-electron chi connectivity index (χ1n) is 8.25. The SMILES string of the molecule is COCc1cn(C2CCN(C(=O)CCn3nc(C)cc3C)C2)nn1. The van der Waals surface area contributed by atoms with Gasteiger partial charge in [0, 0.05) is 38.9 Å². The first kappa shape index (κ1) is 16.6. The van der Waals surface area contributed by atoms with E-state index in [1.165, 1.54) is 0 Å². The highest BCUT2D eigenvalue weighted by Gasteiger charge is 2.28. The molecule has 130 valence electrons. The number of amides is 1. The van der Waals surface area contributed by atoms with Crippen molar-refractivity contribution in [3.05, 3.63) is 29.3 Å². The van der Waals surface area contributed by atoms with Gasteiger partial charge in [-0.25, -0.2) is 4.68 Å². The molecule has 1 unspecified atom stereocenters. The second kappa shape index (κ2) is 7.12. The molecule has 0 radical (unpaired) electrons. The van der Waals surface area contributed by atoms with Gasteiger partial charge in [-0.05, 0) is 26.3 Å². The Labute approximate surface area is 141 Å². The molecule has 0 aliphatic carbocycles. The summed E-state index contributed by atoms with van der Waals surface area (Å²) in [6.45, 7) is 6.51. The molecule has 1 aliphatic rings. The van der Waals surface area contributed by atoms with Crippen molar-refractivity contribution in [2.45, 2.75) is 45.9 Å². The zero-order valence-corrected chi connectivity index (χ0v) is 14.5. The smallest absolute Gasteiger partial charge is 0.224 e. The number of aryl methyl sites for hydroxylation is 3. The van der Waals surface area contributed by atoms with Crippen molar-refractivity contribution >= 4 is 5.91 Å². The number of nitrogens with zero attached hydrogens (tertiary/aromatic N) is 6. The third-order valence-electron chi connectivity index (χ3n) is 4.38. The number of carbonyl (C=O) groups is 1. The van der Waals surface area contributed by atoms with Gasteiger partial charge in [0.15, 0.2) is 0 Å². The summed E-state index contributed by atoms with van der Waals surface area (Å²) in [4.78, 5) is 14.4.